The second-order valence-corrected chi connectivity index (χ2v) is 8.07. The van der Waals surface area contributed by atoms with Gasteiger partial charge < -0.3 is 19.7 Å². The number of anilines is 4. The van der Waals surface area contributed by atoms with Crippen LogP contribution in [-0.2, 0) is 4.74 Å². The predicted molar refractivity (Wildman–Crippen MR) is 142 cm³/mol. The van der Waals surface area contributed by atoms with E-state index in [1.165, 1.54) is 0 Å². The number of benzene rings is 3. The van der Waals surface area contributed by atoms with E-state index in [-0.39, 0.29) is 0 Å². The number of ether oxygens (including phenoxy) is 2. The molecule has 0 atom stereocenters. The van der Waals surface area contributed by atoms with E-state index in [1.54, 1.807) is 54.7 Å². The maximum absolute atomic E-state index is 12.2. The van der Waals surface area contributed by atoms with Gasteiger partial charge in [0.05, 0.1) is 25.0 Å². The molecule has 37 heavy (non-hydrogen) atoms. The van der Waals surface area contributed by atoms with Gasteiger partial charge in [-0.3, -0.25) is 0 Å². The van der Waals surface area contributed by atoms with Crippen LogP contribution in [0.1, 0.15) is 15.9 Å². The Kier molecular flexibility index (Phi) is 7.58. The summed E-state index contributed by atoms with van der Waals surface area (Å²) < 4.78 is 10.9. The van der Waals surface area contributed by atoms with Crippen molar-refractivity contribution < 1.29 is 14.3 Å². The van der Waals surface area contributed by atoms with Gasteiger partial charge in [-0.05, 0) is 54.1 Å². The summed E-state index contributed by atoms with van der Waals surface area (Å²) in [5.41, 5.74) is 5.05. The first kappa shape index (κ1) is 23.9. The number of morpholine rings is 1. The Morgan fingerprint density at radius 3 is 2.27 bits per heavy atom. The maximum Gasteiger partial charge on any atom is 0.343 e. The molecule has 0 aliphatic carbocycles. The van der Waals surface area contributed by atoms with Crippen molar-refractivity contribution in [1.29, 1.82) is 0 Å². The summed E-state index contributed by atoms with van der Waals surface area (Å²) in [7, 11) is 0. The number of para-hydroxylation sites is 1. The first-order chi connectivity index (χ1) is 18.2. The molecule has 0 unspecified atom stereocenters. The molecule has 5 rings (SSSR count). The van der Waals surface area contributed by atoms with Crippen LogP contribution in [0, 0.1) is 0 Å². The molecule has 3 aromatic carbocycles. The van der Waals surface area contributed by atoms with Crippen molar-refractivity contribution in [3.8, 4) is 5.75 Å². The fraction of sp³-hybridized carbons (Fsp3) is 0.148. The summed E-state index contributed by atoms with van der Waals surface area (Å²) in [5.74, 6) is 1.29. The van der Waals surface area contributed by atoms with Gasteiger partial charge in [-0.1, -0.05) is 36.4 Å². The van der Waals surface area contributed by atoms with Crippen LogP contribution in [0.3, 0.4) is 0 Å². The molecular formula is C27H25N7O3. The summed E-state index contributed by atoms with van der Waals surface area (Å²) in [4.78, 5) is 27.8. The standard InChI is InChI=1S/C27H25N7O3/c35-24(21-7-3-1-4-8-21)37-23-13-11-20(12-14-23)19-28-33-26-30-25(29-22-9-5-2-6-10-22)31-27(32-26)34-15-17-36-18-16-34/h1-14,19H,15-18H2,(H2,29,30,31,32,33)/b28-19+. The highest BCUT2D eigenvalue weighted by molar-refractivity contribution is 5.91. The average molecular weight is 496 g/mol. The number of nitrogens with zero attached hydrogens (tertiary/aromatic N) is 5. The normalized spacial score (nSPS) is 13.4. The van der Waals surface area contributed by atoms with Gasteiger partial charge in [0, 0.05) is 18.8 Å². The van der Waals surface area contributed by atoms with Gasteiger partial charge in [0.15, 0.2) is 0 Å². The molecule has 1 aromatic heterocycles. The van der Waals surface area contributed by atoms with E-state index in [1.807, 2.05) is 41.3 Å². The van der Waals surface area contributed by atoms with Gasteiger partial charge in [-0.2, -0.15) is 20.1 Å². The smallest absolute Gasteiger partial charge is 0.343 e. The van der Waals surface area contributed by atoms with Gasteiger partial charge in [0.1, 0.15) is 5.75 Å². The maximum atomic E-state index is 12.2. The first-order valence-corrected chi connectivity index (χ1v) is 11.8. The largest absolute Gasteiger partial charge is 0.423 e. The lowest BCUT2D eigenvalue weighted by molar-refractivity contribution is 0.0734. The second-order valence-electron chi connectivity index (χ2n) is 8.07. The molecule has 1 aliphatic heterocycles. The summed E-state index contributed by atoms with van der Waals surface area (Å²) in [6.07, 6.45) is 1.63. The number of hydrogen-bond acceptors (Lipinski definition) is 10. The zero-order valence-electron chi connectivity index (χ0n) is 19.9. The van der Waals surface area contributed by atoms with Crippen molar-refractivity contribution in [2.24, 2.45) is 5.10 Å². The molecule has 0 bridgehead atoms. The van der Waals surface area contributed by atoms with E-state index in [2.05, 4.69) is 30.8 Å². The molecule has 4 aromatic rings. The average Bonchev–Trinajstić information content (AvgIpc) is 2.95. The van der Waals surface area contributed by atoms with Gasteiger partial charge >= 0.3 is 5.97 Å². The number of esters is 1. The number of hydrogen-bond donors (Lipinski definition) is 2. The van der Waals surface area contributed by atoms with E-state index in [9.17, 15) is 4.79 Å². The molecule has 10 heteroatoms. The molecule has 0 saturated carbocycles. The Morgan fingerprint density at radius 2 is 1.54 bits per heavy atom. The van der Waals surface area contributed by atoms with Crippen molar-refractivity contribution in [2.45, 2.75) is 0 Å². The van der Waals surface area contributed by atoms with Crippen molar-refractivity contribution >= 4 is 35.7 Å². The van der Waals surface area contributed by atoms with E-state index in [0.717, 1.165) is 11.3 Å². The van der Waals surface area contributed by atoms with Crippen molar-refractivity contribution in [3.05, 3.63) is 96.1 Å². The fourth-order valence-electron chi connectivity index (χ4n) is 3.55. The molecule has 0 spiro atoms. The molecule has 2 heterocycles. The zero-order chi connectivity index (χ0) is 25.3. The molecule has 1 fully saturated rings. The monoisotopic (exact) mass is 495 g/mol. The minimum Gasteiger partial charge on any atom is -0.423 e. The highest BCUT2D eigenvalue weighted by Gasteiger charge is 2.16. The van der Waals surface area contributed by atoms with Gasteiger partial charge in [-0.25, -0.2) is 10.2 Å². The van der Waals surface area contributed by atoms with Crippen LogP contribution < -0.4 is 20.4 Å². The molecule has 2 N–H and O–H groups in total. The van der Waals surface area contributed by atoms with Crippen LogP contribution in [0.25, 0.3) is 0 Å². The molecular weight excluding hydrogens is 470 g/mol. The number of carbonyl (C=O) groups excluding carboxylic acids is 1. The Hall–Kier alpha value is -4.83. The minimum atomic E-state index is -0.408. The summed E-state index contributed by atoms with van der Waals surface area (Å²) in [5, 5.41) is 7.49. The molecule has 1 saturated heterocycles. The van der Waals surface area contributed by atoms with Crippen molar-refractivity contribution in [3.63, 3.8) is 0 Å². The molecule has 1 aliphatic rings. The predicted octanol–water partition coefficient (Wildman–Crippen LogP) is 4.12. The van der Waals surface area contributed by atoms with E-state index < -0.39 is 5.97 Å². The van der Waals surface area contributed by atoms with Crippen LogP contribution in [0.4, 0.5) is 23.5 Å². The van der Waals surface area contributed by atoms with Crippen molar-refractivity contribution in [2.75, 3.05) is 41.9 Å². The summed E-state index contributed by atoms with van der Waals surface area (Å²) >= 11 is 0. The van der Waals surface area contributed by atoms with Crippen LogP contribution in [0.5, 0.6) is 5.75 Å². The third kappa shape index (κ3) is 6.65. The van der Waals surface area contributed by atoms with E-state index in [0.29, 0.717) is 55.5 Å². The zero-order valence-corrected chi connectivity index (χ0v) is 19.9. The van der Waals surface area contributed by atoms with Crippen LogP contribution in [0.2, 0.25) is 0 Å². The molecule has 186 valence electrons. The number of aromatic nitrogens is 3. The van der Waals surface area contributed by atoms with Crippen LogP contribution in [0.15, 0.2) is 90.0 Å². The highest BCUT2D eigenvalue weighted by atomic mass is 16.5. The summed E-state index contributed by atoms with van der Waals surface area (Å²) in [6, 6.07) is 25.6. The Balaban J connectivity index is 1.26. The van der Waals surface area contributed by atoms with Crippen LogP contribution in [-0.4, -0.2) is 53.4 Å². The van der Waals surface area contributed by atoms with E-state index in [4.69, 9.17) is 9.47 Å². The van der Waals surface area contributed by atoms with Gasteiger partial charge in [-0.15, -0.1) is 0 Å². The lowest BCUT2D eigenvalue weighted by atomic mass is 10.2. The number of carbonyl (C=O) groups is 1. The Bertz CT molecular complexity index is 1340. The Labute approximate surface area is 214 Å². The minimum absolute atomic E-state index is 0.305. The lowest BCUT2D eigenvalue weighted by Gasteiger charge is -2.27. The van der Waals surface area contributed by atoms with E-state index >= 15 is 0 Å². The first-order valence-electron chi connectivity index (χ1n) is 11.8. The van der Waals surface area contributed by atoms with Crippen molar-refractivity contribution in [1.82, 2.24) is 15.0 Å². The quantitative estimate of drug-likeness (QED) is 0.161. The number of nitrogens with one attached hydrogen (secondary N) is 2. The highest BCUT2D eigenvalue weighted by Crippen LogP contribution is 2.19. The second kappa shape index (κ2) is 11.7. The summed E-state index contributed by atoms with van der Waals surface area (Å²) in [6.45, 7) is 2.62. The Morgan fingerprint density at radius 1 is 0.865 bits per heavy atom. The molecule has 0 amide bonds. The number of hydrazone groups is 1. The van der Waals surface area contributed by atoms with Gasteiger partial charge in [0.2, 0.25) is 17.8 Å². The topological polar surface area (TPSA) is 114 Å². The van der Waals surface area contributed by atoms with Gasteiger partial charge in [0.25, 0.3) is 0 Å². The SMILES string of the molecule is O=C(Oc1ccc(/C=N/Nc2nc(Nc3ccccc3)nc(N3CCOCC3)n2)cc1)c1ccccc1. The molecule has 0 radical (unpaired) electrons. The van der Waals surface area contributed by atoms with Crippen LogP contribution >= 0.6 is 0 Å². The molecule has 10 nitrogen and oxygen atoms in total. The third-order valence-electron chi connectivity index (χ3n) is 5.43. The number of rotatable bonds is 8. The lowest BCUT2D eigenvalue weighted by Crippen LogP contribution is -2.37. The fourth-order valence-corrected chi connectivity index (χ4v) is 3.55. The third-order valence-corrected chi connectivity index (χ3v) is 5.43.